The van der Waals surface area contributed by atoms with Crippen LogP contribution in [0.5, 0.6) is 0 Å². The minimum absolute atomic E-state index is 0.507. The van der Waals surface area contributed by atoms with Gasteiger partial charge in [0, 0.05) is 9.79 Å². The molecule has 0 saturated heterocycles. The monoisotopic (exact) mass is 266 g/mol. The lowest BCUT2D eigenvalue weighted by Gasteiger charge is -2.06. The number of hydrogen-bond donors (Lipinski definition) is 1. The average molecular weight is 266 g/mol. The lowest BCUT2D eigenvalue weighted by atomic mass is 10.1. The summed E-state index contributed by atoms with van der Waals surface area (Å²) in [6.07, 6.45) is -0.507. The van der Waals surface area contributed by atoms with Crippen LogP contribution in [0.1, 0.15) is 18.6 Å². The van der Waals surface area contributed by atoms with Gasteiger partial charge in [-0.25, -0.2) is 8.78 Å². The summed E-state index contributed by atoms with van der Waals surface area (Å²) < 4.78 is 25.8. The number of rotatable bonds is 3. The fraction of sp³-hybridized carbons (Fsp3) is 0.143. The molecule has 1 nitrogen and oxygen atoms in total. The zero-order valence-electron chi connectivity index (χ0n) is 9.73. The third-order valence-electron chi connectivity index (χ3n) is 2.49. The molecule has 1 N–H and O–H groups in total. The molecule has 0 aliphatic heterocycles. The molecule has 0 bridgehead atoms. The van der Waals surface area contributed by atoms with Crippen molar-refractivity contribution < 1.29 is 13.9 Å². The first-order valence-electron chi connectivity index (χ1n) is 5.47. The smallest absolute Gasteiger partial charge is 0.159 e. The number of hydrogen-bond acceptors (Lipinski definition) is 2. The van der Waals surface area contributed by atoms with Crippen LogP contribution in [0.15, 0.2) is 52.3 Å². The molecular weight excluding hydrogens is 254 g/mol. The molecule has 2 rings (SSSR count). The van der Waals surface area contributed by atoms with E-state index in [0.29, 0.717) is 4.90 Å². The van der Waals surface area contributed by atoms with Crippen molar-refractivity contribution in [3.8, 4) is 0 Å². The van der Waals surface area contributed by atoms with Crippen molar-refractivity contribution in [3.05, 3.63) is 59.7 Å². The summed E-state index contributed by atoms with van der Waals surface area (Å²) in [5.41, 5.74) is 0.824. The van der Waals surface area contributed by atoms with E-state index in [1.807, 2.05) is 24.3 Å². The van der Waals surface area contributed by atoms with E-state index >= 15 is 0 Å². The lowest BCUT2D eigenvalue weighted by molar-refractivity contribution is 0.199. The molecule has 0 aromatic heterocycles. The van der Waals surface area contributed by atoms with Gasteiger partial charge in [-0.15, -0.1) is 0 Å². The van der Waals surface area contributed by atoms with Gasteiger partial charge in [0.1, 0.15) is 0 Å². The van der Waals surface area contributed by atoms with Crippen molar-refractivity contribution in [2.75, 3.05) is 0 Å². The molecule has 94 valence electrons. The number of aliphatic hydroxyl groups is 1. The van der Waals surface area contributed by atoms with Gasteiger partial charge in [-0.2, -0.15) is 0 Å². The summed E-state index contributed by atoms with van der Waals surface area (Å²) in [7, 11) is 0. The number of aliphatic hydroxyl groups excluding tert-OH is 1. The molecule has 0 radical (unpaired) electrons. The Hall–Kier alpha value is -1.39. The molecular formula is C14H12F2OS. The van der Waals surface area contributed by atoms with Crippen molar-refractivity contribution in [3.63, 3.8) is 0 Å². The molecule has 4 heteroatoms. The van der Waals surface area contributed by atoms with Crippen LogP contribution in [0.25, 0.3) is 0 Å². The molecule has 0 amide bonds. The Balaban J connectivity index is 2.15. The van der Waals surface area contributed by atoms with Crippen molar-refractivity contribution in [2.24, 2.45) is 0 Å². The van der Waals surface area contributed by atoms with Crippen molar-refractivity contribution >= 4 is 11.8 Å². The quantitative estimate of drug-likeness (QED) is 0.899. The zero-order chi connectivity index (χ0) is 13.1. The first kappa shape index (κ1) is 13.1. The molecule has 0 saturated carbocycles. The van der Waals surface area contributed by atoms with Crippen molar-refractivity contribution in [1.82, 2.24) is 0 Å². The standard InChI is InChI=1S/C14H12F2OS/c1-9(17)10-2-4-11(5-3-10)18-12-6-7-13(15)14(16)8-12/h2-9,17H,1H3. The van der Waals surface area contributed by atoms with E-state index in [2.05, 4.69) is 0 Å². The maximum atomic E-state index is 13.0. The first-order valence-corrected chi connectivity index (χ1v) is 6.29. The van der Waals surface area contributed by atoms with E-state index < -0.39 is 17.7 Å². The lowest BCUT2D eigenvalue weighted by Crippen LogP contribution is -1.89. The second-order valence-corrected chi connectivity index (χ2v) is 5.07. The second kappa shape index (κ2) is 5.50. The molecule has 0 fully saturated rings. The van der Waals surface area contributed by atoms with Crippen LogP contribution in [0, 0.1) is 11.6 Å². The van der Waals surface area contributed by atoms with Gasteiger partial charge in [0.05, 0.1) is 6.10 Å². The Morgan fingerprint density at radius 2 is 1.56 bits per heavy atom. The largest absolute Gasteiger partial charge is 0.389 e. The molecule has 0 heterocycles. The highest BCUT2D eigenvalue weighted by Crippen LogP contribution is 2.29. The molecule has 18 heavy (non-hydrogen) atoms. The molecule has 0 aliphatic carbocycles. The predicted octanol–water partition coefficient (Wildman–Crippen LogP) is 4.17. The van der Waals surface area contributed by atoms with Crippen LogP contribution in [0.3, 0.4) is 0 Å². The SMILES string of the molecule is CC(O)c1ccc(Sc2ccc(F)c(F)c2)cc1. The Labute approximate surface area is 108 Å². The highest BCUT2D eigenvalue weighted by molar-refractivity contribution is 7.99. The highest BCUT2D eigenvalue weighted by Gasteiger charge is 2.05. The van der Waals surface area contributed by atoms with E-state index in [1.165, 1.54) is 23.9 Å². The molecule has 0 aliphatic rings. The van der Waals surface area contributed by atoms with Gasteiger partial charge < -0.3 is 5.11 Å². The van der Waals surface area contributed by atoms with Crippen LogP contribution in [-0.4, -0.2) is 5.11 Å². The maximum Gasteiger partial charge on any atom is 0.159 e. The average Bonchev–Trinajstić information content (AvgIpc) is 2.34. The Morgan fingerprint density at radius 3 is 2.11 bits per heavy atom. The Kier molecular flexibility index (Phi) is 3.99. The third kappa shape index (κ3) is 3.09. The van der Waals surface area contributed by atoms with E-state index in [1.54, 1.807) is 6.92 Å². The first-order chi connectivity index (χ1) is 8.56. The summed E-state index contributed by atoms with van der Waals surface area (Å²) in [5, 5.41) is 9.37. The summed E-state index contributed by atoms with van der Waals surface area (Å²) in [6.45, 7) is 1.69. The highest BCUT2D eigenvalue weighted by atomic mass is 32.2. The van der Waals surface area contributed by atoms with Gasteiger partial charge in [-0.3, -0.25) is 0 Å². The Morgan fingerprint density at radius 1 is 0.944 bits per heavy atom. The fourth-order valence-electron chi connectivity index (χ4n) is 1.49. The van der Waals surface area contributed by atoms with E-state index in [9.17, 15) is 13.9 Å². The van der Waals surface area contributed by atoms with Crippen LogP contribution in [0.4, 0.5) is 8.78 Å². The maximum absolute atomic E-state index is 13.0. The number of benzene rings is 2. The van der Waals surface area contributed by atoms with Gasteiger partial charge in [-0.05, 0) is 42.8 Å². The molecule has 1 unspecified atom stereocenters. The summed E-state index contributed by atoms with van der Waals surface area (Å²) in [6, 6.07) is 11.1. The minimum Gasteiger partial charge on any atom is -0.389 e. The van der Waals surface area contributed by atoms with Gasteiger partial charge in [0.15, 0.2) is 11.6 Å². The summed E-state index contributed by atoms with van der Waals surface area (Å²) >= 11 is 1.34. The topological polar surface area (TPSA) is 20.2 Å². The van der Waals surface area contributed by atoms with Crippen LogP contribution >= 0.6 is 11.8 Å². The third-order valence-corrected chi connectivity index (χ3v) is 3.49. The molecule has 1 atom stereocenters. The van der Waals surface area contributed by atoms with Crippen LogP contribution in [-0.2, 0) is 0 Å². The molecule has 2 aromatic rings. The second-order valence-electron chi connectivity index (χ2n) is 3.92. The van der Waals surface area contributed by atoms with Crippen molar-refractivity contribution in [2.45, 2.75) is 22.8 Å². The number of halogens is 2. The van der Waals surface area contributed by atoms with E-state index in [0.717, 1.165) is 16.5 Å². The van der Waals surface area contributed by atoms with Gasteiger partial charge >= 0.3 is 0 Å². The molecule has 0 spiro atoms. The fourth-order valence-corrected chi connectivity index (χ4v) is 2.33. The Bertz CT molecular complexity index is 538. The molecule has 2 aromatic carbocycles. The van der Waals surface area contributed by atoms with Crippen LogP contribution < -0.4 is 0 Å². The predicted molar refractivity (Wildman–Crippen MR) is 67.6 cm³/mol. The summed E-state index contributed by atoms with van der Waals surface area (Å²) in [5.74, 6) is -1.69. The van der Waals surface area contributed by atoms with Crippen molar-refractivity contribution in [1.29, 1.82) is 0 Å². The van der Waals surface area contributed by atoms with Gasteiger partial charge in [0.25, 0.3) is 0 Å². The summed E-state index contributed by atoms with van der Waals surface area (Å²) in [4.78, 5) is 1.55. The van der Waals surface area contributed by atoms with Gasteiger partial charge in [0.2, 0.25) is 0 Å². The zero-order valence-corrected chi connectivity index (χ0v) is 10.5. The van der Waals surface area contributed by atoms with E-state index in [4.69, 9.17) is 0 Å². The van der Waals surface area contributed by atoms with Gasteiger partial charge in [-0.1, -0.05) is 23.9 Å². The minimum atomic E-state index is -0.847. The normalized spacial score (nSPS) is 12.4. The van der Waals surface area contributed by atoms with E-state index in [-0.39, 0.29) is 0 Å². The van der Waals surface area contributed by atoms with Crippen LogP contribution in [0.2, 0.25) is 0 Å².